The molecule has 0 spiro atoms. The lowest BCUT2D eigenvalue weighted by Gasteiger charge is -2.27. The molecule has 6 nitrogen and oxygen atoms in total. The Balaban J connectivity index is 0.786. The molecule has 0 aliphatic rings. The zero-order valence-electron chi connectivity index (χ0n) is 48.3. The number of ether oxygens (including phenoxy) is 2. The number of hydrogen-bond acceptors (Lipinski definition) is 6. The lowest BCUT2D eigenvalue weighted by Crippen LogP contribution is -2.10. The van der Waals surface area contributed by atoms with Gasteiger partial charge in [0, 0.05) is 68.2 Å². The smallest absolute Gasteiger partial charge is 0.119 e. The van der Waals surface area contributed by atoms with Gasteiger partial charge in [0.15, 0.2) is 0 Å². The Labute approximate surface area is 495 Å². The van der Waals surface area contributed by atoms with Gasteiger partial charge in [0.1, 0.15) is 11.5 Å². The van der Waals surface area contributed by atoms with Gasteiger partial charge in [-0.2, -0.15) is 0 Å². The number of anilines is 12. The molecule has 12 rings (SSSR count). The van der Waals surface area contributed by atoms with Crippen molar-refractivity contribution in [1.82, 2.24) is 0 Å². The topological polar surface area (TPSA) is 31.4 Å². The molecule has 12 aromatic rings. The molecular weight excluding hydrogens is 1020 g/mol. The van der Waals surface area contributed by atoms with Gasteiger partial charge >= 0.3 is 0 Å². The molecular formula is C78H66N4O2. The molecule has 84 heavy (non-hydrogen) atoms. The number of benzene rings is 12. The second kappa shape index (κ2) is 24.3. The van der Waals surface area contributed by atoms with Crippen LogP contribution in [0.25, 0.3) is 33.4 Å². The van der Waals surface area contributed by atoms with Gasteiger partial charge in [0.25, 0.3) is 0 Å². The third kappa shape index (κ3) is 11.8. The molecule has 12 aromatic carbocycles. The predicted molar refractivity (Wildman–Crippen MR) is 354 cm³/mol. The molecule has 6 heteroatoms. The number of aryl methyl sites for hydroxylation is 4. The zero-order chi connectivity index (χ0) is 57.5. The van der Waals surface area contributed by atoms with Crippen LogP contribution in [0.4, 0.5) is 68.2 Å². The molecule has 0 unspecified atom stereocenters. The van der Waals surface area contributed by atoms with Gasteiger partial charge in [0.2, 0.25) is 0 Å². The number of rotatable bonds is 17. The first kappa shape index (κ1) is 54.0. The van der Waals surface area contributed by atoms with E-state index < -0.39 is 0 Å². The fourth-order valence-electron chi connectivity index (χ4n) is 10.8. The molecule has 0 aliphatic carbocycles. The molecule has 0 bridgehead atoms. The Morgan fingerprint density at radius 3 is 0.417 bits per heavy atom. The number of nitrogens with zero attached hydrogens (tertiary/aromatic N) is 4. The van der Waals surface area contributed by atoms with Crippen LogP contribution < -0.4 is 29.1 Å². The number of methoxy groups -OCH3 is 2. The van der Waals surface area contributed by atoms with Crippen molar-refractivity contribution in [3.05, 3.63) is 313 Å². The van der Waals surface area contributed by atoms with E-state index in [-0.39, 0.29) is 0 Å². The van der Waals surface area contributed by atoms with E-state index in [9.17, 15) is 0 Å². The quantitative estimate of drug-likeness (QED) is 0.0903. The van der Waals surface area contributed by atoms with E-state index in [4.69, 9.17) is 9.47 Å². The normalized spacial score (nSPS) is 11.0. The summed E-state index contributed by atoms with van der Waals surface area (Å²) >= 11 is 0. The first-order valence-electron chi connectivity index (χ1n) is 28.5. The maximum Gasteiger partial charge on any atom is 0.119 e. The second-order valence-corrected chi connectivity index (χ2v) is 21.4. The summed E-state index contributed by atoms with van der Waals surface area (Å²) < 4.78 is 11.1. The monoisotopic (exact) mass is 1090 g/mol. The Kier molecular flexibility index (Phi) is 15.6. The summed E-state index contributed by atoms with van der Waals surface area (Å²) in [6.45, 7) is 8.50. The SMILES string of the molecule is COc1ccc(N(c2ccc(C)cc2)c2ccc(-c3ccc(N(c4ccc(OC)cc4)c4ccc(-c5ccc(N(c6ccc(C)cc6)c6ccc(-c7ccc(N(c8ccc(C)cc8)c8ccc(C)cc8)cc7)cc6)cc5)cc4)cc3)cc2)cc1. The molecule has 0 heterocycles. The molecule has 0 atom stereocenters. The maximum atomic E-state index is 5.58. The summed E-state index contributed by atoms with van der Waals surface area (Å²) in [5.74, 6) is 1.63. The lowest BCUT2D eigenvalue weighted by atomic mass is 10.0. The second-order valence-electron chi connectivity index (χ2n) is 21.4. The first-order valence-corrected chi connectivity index (χ1v) is 28.5. The van der Waals surface area contributed by atoms with Crippen LogP contribution in [0.3, 0.4) is 0 Å². The summed E-state index contributed by atoms with van der Waals surface area (Å²) in [7, 11) is 3.40. The first-order chi connectivity index (χ1) is 41.1. The van der Waals surface area contributed by atoms with Gasteiger partial charge in [-0.3, -0.25) is 0 Å². The van der Waals surface area contributed by atoms with Crippen molar-refractivity contribution < 1.29 is 9.47 Å². The van der Waals surface area contributed by atoms with E-state index in [2.05, 4.69) is 314 Å². The lowest BCUT2D eigenvalue weighted by molar-refractivity contribution is 0.414. The molecule has 0 radical (unpaired) electrons. The predicted octanol–water partition coefficient (Wildman–Crippen LogP) is 21.8. The van der Waals surface area contributed by atoms with Crippen molar-refractivity contribution in [2.75, 3.05) is 33.8 Å². The third-order valence-corrected chi connectivity index (χ3v) is 15.6. The van der Waals surface area contributed by atoms with Crippen molar-refractivity contribution in [2.45, 2.75) is 27.7 Å². The minimum atomic E-state index is 0.809. The van der Waals surface area contributed by atoms with Crippen LogP contribution in [-0.4, -0.2) is 14.2 Å². The van der Waals surface area contributed by atoms with Gasteiger partial charge in [-0.1, -0.05) is 144 Å². The third-order valence-electron chi connectivity index (χ3n) is 15.6. The molecule has 0 N–H and O–H groups in total. The molecule has 410 valence electrons. The summed E-state index contributed by atoms with van der Waals surface area (Å²) in [5.41, 5.74) is 24.7. The zero-order valence-corrected chi connectivity index (χ0v) is 48.3. The summed E-state index contributed by atoms with van der Waals surface area (Å²) in [6, 6.07) is 104. The van der Waals surface area contributed by atoms with Crippen LogP contribution >= 0.6 is 0 Å². The van der Waals surface area contributed by atoms with Crippen LogP contribution in [0, 0.1) is 27.7 Å². The van der Waals surface area contributed by atoms with E-state index in [0.717, 1.165) is 113 Å². The van der Waals surface area contributed by atoms with E-state index >= 15 is 0 Å². The van der Waals surface area contributed by atoms with Crippen LogP contribution in [0.2, 0.25) is 0 Å². The van der Waals surface area contributed by atoms with Gasteiger partial charge in [-0.25, -0.2) is 0 Å². The molecule has 0 amide bonds. The Morgan fingerprint density at radius 1 is 0.167 bits per heavy atom. The van der Waals surface area contributed by atoms with Crippen molar-refractivity contribution >= 4 is 68.2 Å². The highest BCUT2D eigenvalue weighted by Gasteiger charge is 2.19. The van der Waals surface area contributed by atoms with Gasteiger partial charge in [-0.05, 0) is 231 Å². The molecule has 0 fully saturated rings. The number of hydrogen-bond donors (Lipinski definition) is 0. The Hall–Kier alpha value is -10.6. The largest absolute Gasteiger partial charge is 0.497 e. The highest BCUT2D eigenvalue weighted by Crippen LogP contribution is 2.42. The molecule has 0 aromatic heterocycles. The van der Waals surface area contributed by atoms with Crippen LogP contribution in [0.5, 0.6) is 11.5 Å². The highest BCUT2D eigenvalue weighted by atomic mass is 16.5. The van der Waals surface area contributed by atoms with E-state index in [1.807, 2.05) is 24.3 Å². The highest BCUT2D eigenvalue weighted by molar-refractivity contribution is 5.85. The fourth-order valence-corrected chi connectivity index (χ4v) is 10.8. The summed E-state index contributed by atoms with van der Waals surface area (Å²) in [5, 5.41) is 0. The van der Waals surface area contributed by atoms with E-state index in [0.29, 0.717) is 0 Å². The van der Waals surface area contributed by atoms with Crippen molar-refractivity contribution in [1.29, 1.82) is 0 Å². The summed E-state index contributed by atoms with van der Waals surface area (Å²) in [6.07, 6.45) is 0. The molecule has 0 aliphatic heterocycles. The van der Waals surface area contributed by atoms with Gasteiger partial charge in [-0.15, -0.1) is 0 Å². The van der Waals surface area contributed by atoms with Crippen molar-refractivity contribution in [3.63, 3.8) is 0 Å². The average molecular weight is 1090 g/mol. The summed E-state index contributed by atoms with van der Waals surface area (Å²) in [4.78, 5) is 9.21. The van der Waals surface area contributed by atoms with E-state index in [1.165, 1.54) is 22.3 Å². The van der Waals surface area contributed by atoms with Crippen LogP contribution in [-0.2, 0) is 0 Å². The minimum absolute atomic E-state index is 0.809. The molecule has 0 saturated heterocycles. The average Bonchev–Trinajstić information content (AvgIpc) is 3.74. The fraction of sp³-hybridized carbons (Fsp3) is 0.0769. The molecule has 0 saturated carbocycles. The standard InChI is InChI=1S/C78H66N4O2/c1-55-7-27-65(28-8-55)79(66-29-9-56(2)10-30-66)69-35-15-59(16-36-69)60-17-37-70(38-18-60)80(67-31-11-57(3)12-32-67)71-39-19-61(20-40-71)63-23-43-73(44-24-63)82(76-49-53-78(84-6)54-50-76)74-45-25-64(26-46-74)62-21-41-72(42-22-62)81(68-33-13-58(4)14-34-68)75-47-51-77(83-5)52-48-75/h7-54H,1-6H3. The maximum absolute atomic E-state index is 5.58. The van der Waals surface area contributed by atoms with Gasteiger partial charge in [0.05, 0.1) is 14.2 Å². The van der Waals surface area contributed by atoms with Crippen LogP contribution in [0.1, 0.15) is 22.3 Å². The Morgan fingerprint density at radius 2 is 0.286 bits per heavy atom. The van der Waals surface area contributed by atoms with E-state index in [1.54, 1.807) is 14.2 Å². The van der Waals surface area contributed by atoms with Crippen molar-refractivity contribution in [2.24, 2.45) is 0 Å². The minimum Gasteiger partial charge on any atom is -0.497 e. The van der Waals surface area contributed by atoms with Crippen LogP contribution in [0.15, 0.2) is 291 Å². The van der Waals surface area contributed by atoms with Gasteiger partial charge < -0.3 is 29.1 Å². The van der Waals surface area contributed by atoms with Crippen molar-refractivity contribution in [3.8, 4) is 44.9 Å². The Bertz CT molecular complexity index is 4050.